The molecule has 1 atom stereocenters. The third-order valence-electron chi connectivity index (χ3n) is 5.30. The van der Waals surface area contributed by atoms with E-state index in [4.69, 9.17) is 0 Å². The first-order chi connectivity index (χ1) is 11.0. The van der Waals surface area contributed by atoms with Crippen LogP contribution in [0.3, 0.4) is 0 Å². The number of carboxylic acid groups (broad SMARTS) is 1. The lowest BCUT2D eigenvalue weighted by Crippen LogP contribution is -2.50. The zero-order valence-electron chi connectivity index (χ0n) is 13.1. The Kier molecular flexibility index (Phi) is 4.76. The second-order valence-electron chi connectivity index (χ2n) is 6.73. The number of amides is 1. The molecule has 2 aliphatic rings. The van der Waals surface area contributed by atoms with Crippen molar-refractivity contribution in [3.8, 4) is 0 Å². The molecule has 1 aromatic rings. The van der Waals surface area contributed by atoms with Crippen molar-refractivity contribution in [3.63, 3.8) is 0 Å². The summed E-state index contributed by atoms with van der Waals surface area (Å²) in [5, 5.41) is 9.28. The van der Waals surface area contributed by atoms with Crippen LogP contribution >= 0.6 is 15.9 Å². The monoisotopic (exact) mass is 379 g/mol. The Labute approximate surface area is 145 Å². The molecule has 4 nitrogen and oxygen atoms in total. The molecule has 1 amide bonds. The Hall–Kier alpha value is -1.36. The molecule has 0 radical (unpaired) electrons. The van der Waals surface area contributed by atoms with E-state index in [-0.39, 0.29) is 5.91 Å². The number of carbonyl (C=O) groups excluding carboxylic acids is 1. The molecule has 23 heavy (non-hydrogen) atoms. The zero-order chi connectivity index (χ0) is 16.4. The lowest BCUT2D eigenvalue weighted by molar-refractivity contribution is -0.147. The first-order valence-electron chi connectivity index (χ1n) is 8.31. The molecular formula is C18H22BrNO3. The quantitative estimate of drug-likeness (QED) is 0.872. The molecule has 3 rings (SSSR count). The Morgan fingerprint density at radius 1 is 1.22 bits per heavy atom. The summed E-state index contributed by atoms with van der Waals surface area (Å²) in [5.74, 6) is -1.09. The van der Waals surface area contributed by atoms with Gasteiger partial charge in [0, 0.05) is 17.6 Å². The average Bonchev–Trinajstić information content (AvgIpc) is 3.05. The van der Waals surface area contributed by atoms with Crippen LogP contribution in [0.15, 0.2) is 28.7 Å². The first-order valence-corrected chi connectivity index (χ1v) is 9.10. The number of hydrogen-bond acceptors (Lipinski definition) is 2. The number of carboxylic acids is 1. The average molecular weight is 380 g/mol. The molecule has 2 fully saturated rings. The summed E-state index contributed by atoms with van der Waals surface area (Å²) in [5.41, 5.74) is 0.594. The van der Waals surface area contributed by atoms with Crippen molar-refractivity contribution in [2.75, 3.05) is 13.1 Å². The smallest absolute Gasteiger partial charge is 0.308 e. The molecule has 1 N–H and O–H groups in total. The van der Waals surface area contributed by atoms with Crippen LogP contribution in [0.25, 0.3) is 0 Å². The number of nitrogens with zero attached hydrogens (tertiary/aromatic N) is 1. The summed E-state index contributed by atoms with van der Waals surface area (Å²) < 4.78 is 0.983. The van der Waals surface area contributed by atoms with Crippen LogP contribution < -0.4 is 0 Å². The maximum Gasteiger partial charge on any atom is 0.308 e. The zero-order valence-corrected chi connectivity index (χ0v) is 14.7. The first kappa shape index (κ1) is 16.5. The van der Waals surface area contributed by atoms with Crippen LogP contribution in [0.5, 0.6) is 0 Å². The lowest BCUT2D eigenvalue weighted by atomic mass is 9.77. The fourth-order valence-corrected chi connectivity index (χ4v) is 4.46. The van der Waals surface area contributed by atoms with E-state index in [0.29, 0.717) is 19.5 Å². The van der Waals surface area contributed by atoms with Crippen LogP contribution in [-0.2, 0) is 15.0 Å². The number of piperidine rings is 1. The molecule has 1 saturated heterocycles. The van der Waals surface area contributed by atoms with Gasteiger partial charge in [0.2, 0.25) is 5.91 Å². The maximum atomic E-state index is 13.3. The fraction of sp³-hybridized carbons (Fsp3) is 0.556. The summed E-state index contributed by atoms with van der Waals surface area (Å²) in [4.78, 5) is 26.4. The SMILES string of the molecule is O=C(O)C1CCCN(C(=O)C2(c3cccc(Br)c3)CCCC2)C1. The van der Waals surface area contributed by atoms with E-state index in [1.165, 1.54) is 0 Å². The second kappa shape index (κ2) is 6.63. The van der Waals surface area contributed by atoms with Gasteiger partial charge in [-0.2, -0.15) is 0 Å². The third kappa shape index (κ3) is 3.16. The molecule has 1 heterocycles. The predicted molar refractivity (Wildman–Crippen MR) is 91.2 cm³/mol. The van der Waals surface area contributed by atoms with Crippen molar-refractivity contribution >= 4 is 27.8 Å². The highest BCUT2D eigenvalue weighted by atomic mass is 79.9. The van der Waals surface area contributed by atoms with E-state index in [9.17, 15) is 14.7 Å². The number of benzene rings is 1. The van der Waals surface area contributed by atoms with Gasteiger partial charge in [-0.1, -0.05) is 40.9 Å². The minimum absolute atomic E-state index is 0.124. The fourth-order valence-electron chi connectivity index (χ4n) is 4.06. The van der Waals surface area contributed by atoms with Gasteiger partial charge in [0.25, 0.3) is 0 Å². The van der Waals surface area contributed by atoms with Gasteiger partial charge in [0.05, 0.1) is 11.3 Å². The van der Waals surface area contributed by atoms with Crippen LogP contribution in [0.1, 0.15) is 44.1 Å². The van der Waals surface area contributed by atoms with E-state index in [1.807, 2.05) is 24.3 Å². The lowest BCUT2D eigenvalue weighted by Gasteiger charge is -2.38. The molecule has 0 spiro atoms. The molecule has 5 heteroatoms. The molecule has 1 saturated carbocycles. The predicted octanol–water partition coefficient (Wildman–Crippen LogP) is 3.58. The minimum Gasteiger partial charge on any atom is -0.481 e. The molecule has 124 valence electrons. The molecule has 0 aromatic heterocycles. The second-order valence-corrected chi connectivity index (χ2v) is 7.64. The Balaban J connectivity index is 1.89. The van der Waals surface area contributed by atoms with Crippen LogP contribution in [0.4, 0.5) is 0 Å². The van der Waals surface area contributed by atoms with E-state index in [0.717, 1.165) is 42.1 Å². The molecule has 1 unspecified atom stereocenters. The Bertz CT molecular complexity index is 610. The normalized spacial score (nSPS) is 23.7. The number of halogens is 1. The molecular weight excluding hydrogens is 358 g/mol. The standard InChI is InChI=1S/C18H22BrNO3/c19-15-7-3-6-14(11-15)18(8-1-2-9-18)17(23)20-10-4-5-13(12-20)16(21)22/h3,6-7,11,13H,1-2,4-5,8-10,12H2,(H,21,22). The van der Waals surface area contributed by atoms with Crippen molar-refractivity contribution in [3.05, 3.63) is 34.3 Å². The van der Waals surface area contributed by atoms with E-state index >= 15 is 0 Å². The van der Waals surface area contributed by atoms with Gasteiger partial charge in [0.1, 0.15) is 0 Å². The Morgan fingerprint density at radius 2 is 1.96 bits per heavy atom. The number of carbonyl (C=O) groups is 2. The van der Waals surface area contributed by atoms with Crippen LogP contribution in [0, 0.1) is 5.92 Å². The number of aliphatic carboxylic acids is 1. The van der Waals surface area contributed by atoms with Gasteiger partial charge in [-0.3, -0.25) is 9.59 Å². The van der Waals surface area contributed by atoms with Crippen molar-refractivity contribution in [1.82, 2.24) is 4.90 Å². The molecule has 0 bridgehead atoms. The molecule has 1 aliphatic carbocycles. The largest absolute Gasteiger partial charge is 0.481 e. The summed E-state index contributed by atoms with van der Waals surface area (Å²) in [6, 6.07) is 8.02. The summed E-state index contributed by atoms with van der Waals surface area (Å²) in [6.07, 6.45) is 5.26. The van der Waals surface area contributed by atoms with Gasteiger partial charge in [-0.05, 0) is 43.4 Å². The van der Waals surface area contributed by atoms with Crippen LogP contribution in [-0.4, -0.2) is 35.0 Å². The van der Waals surface area contributed by atoms with Gasteiger partial charge in [-0.15, -0.1) is 0 Å². The maximum absolute atomic E-state index is 13.3. The van der Waals surface area contributed by atoms with E-state index in [1.54, 1.807) is 4.90 Å². The third-order valence-corrected chi connectivity index (χ3v) is 5.79. The molecule has 1 aromatic carbocycles. The minimum atomic E-state index is -0.787. The van der Waals surface area contributed by atoms with Crippen LogP contribution in [0.2, 0.25) is 0 Å². The number of rotatable bonds is 3. The van der Waals surface area contributed by atoms with Crippen molar-refractivity contribution in [1.29, 1.82) is 0 Å². The van der Waals surface area contributed by atoms with E-state index in [2.05, 4.69) is 15.9 Å². The van der Waals surface area contributed by atoms with Crippen molar-refractivity contribution in [2.24, 2.45) is 5.92 Å². The Morgan fingerprint density at radius 3 is 2.61 bits per heavy atom. The summed E-state index contributed by atoms with van der Waals surface area (Å²) in [7, 11) is 0. The molecule has 1 aliphatic heterocycles. The van der Waals surface area contributed by atoms with Gasteiger partial charge in [-0.25, -0.2) is 0 Å². The summed E-state index contributed by atoms with van der Waals surface area (Å²) >= 11 is 3.50. The highest BCUT2D eigenvalue weighted by molar-refractivity contribution is 9.10. The van der Waals surface area contributed by atoms with Crippen molar-refractivity contribution in [2.45, 2.75) is 43.9 Å². The number of likely N-dealkylation sites (tertiary alicyclic amines) is 1. The van der Waals surface area contributed by atoms with Gasteiger partial charge < -0.3 is 10.0 Å². The highest BCUT2D eigenvalue weighted by Crippen LogP contribution is 2.43. The van der Waals surface area contributed by atoms with E-state index < -0.39 is 17.3 Å². The van der Waals surface area contributed by atoms with Gasteiger partial charge >= 0.3 is 5.97 Å². The van der Waals surface area contributed by atoms with Crippen molar-refractivity contribution < 1.29 is 14.7 Å². The number of hydrogen-bond donors (Lipinski definition) is 1. The van der Waals surface area contributed by atoms with Gasteiger partial charge in [0.15, 0.2) is 0 Å². The summed E-state index contributed by atoms with van der Waals surface area (Å²) in [6.45, 7) is 1.03. The topological polar surface area (TPSA) is 57.6 Å². The highest BCUT2D eigenvalue weighted by Gasteiger charge is 2.46.